The van der Waals surface area contributed by atoms with Gasteiger partial charge >= 0.3 is 11.8 Å². The van der Waals surface area contributed by atoms with E-state index in [1.165, 1.54) is 0 Å². The maximum absolute atomic E-state index is 11.5. The summed E-state index contributed by atoms with van der Waals surface area (Å²) >= 11 is 0. The van der Waals surface area contributed by atoms with Crippen LogP contribution in [-0.4, -0.2) is 44.5 Å². The van der Waals surface area contributed by atoms with Crippen LogP contribution < -0.4 is 16.6 Å². The number of hydrogen-bond donors (Lipinski definition) is 5. The Balaban J connectivity index is 2.51. The maximum Gasteiger partial charge on any atom is 0.407 e. The minimum atomic E-state index is -1.49. The summed E-state index contributed by atoms with van der Waals surface area (Å²) in [6.45, 7) is 5.20. The predicted molar refractivity (Wildman–Crippen MR) is 77.5 cm³/mol. The van der Waals surface area contributed by atoms with Gasteiger partial charge in [-0.3, -0.25) is 9.78 Å². The van der Waals surface area contributed by atoms with E-state index in [9.17, 15) is 24.6 Å². The molecule has 2 atom stereocenters. The molecule has 0 radical (unpaired) electrons. The molecule has 1 heterocycles. The topological polar surface area (TPSA) is 145 Å². The van der Waals surface area contributed by atoms with Crippen LogP contribution in [0.4, 0.5) is 4.79 Å². The standard InChI is InChI=1S/C13H21N3O6/c1-13(2,3)22-12(21)14-5-4-8(17)9(18)7-6-15-11(20)16-10(7)19/h6,8-9,17-18H,4-5H2,1-3H3,(H,14,21)(H2,15,16,19,20). The maximum atomic E-state index is 11.5. The fraction of sp³-hybridized carbons (Fsp3) is 0.615. The van der Waals surface area contributed by atoms with E-state index in [1.54, 1.807) is 20.8 Å². The third-order valence-electron chi connectivity index (χ3n) is 2.64. The first-order valence-corrected chi connectivity index (χ1v) is 6.75. The fourth-order valence-corrected chi connectivity index (χ4v) is 1.64. The lowest BCUT2D eigenvalue weighted by Crippen LogP contribution is -2.35. The second kappa shape index (κ2) is 7.23. The number of ether oxygens (including phenoxy) is 1. The highest BCUT2D eigenvalue weighted by molar-refractivity contribution is 5.67. The van der Waals surface area contributed by atoms with Gasteiger partial charge in [-0.15, -0.1) is 0 Å². The van der Waals surface area contributed by atoms with Gasteiger partial charge in [0.15, 0.2) is 0 Å². The third-order valence-corrected chi connectivity index (χ3v) is 2.64. The zero-order valence-corrected chi connectivity index (χ0v) is 12.7. The number of alkyl carbamates (subject to hydrolysis) is 1. The van der Waals surface area contributed by atoms with Crippen molar-refractivity contribution in [1.82, 2.24) is 15.3 Å². The predicted octanol–water partition coefficient (Wildman–Crippen LogP) is -0.628. The molecule has 1 amide bonds. The largest absolute Gasteiger partial charge is 0.444 e. The molecule has 0 bridgehead atoms. The van der Waals surface area contributed by atoms with Crippen LogP contribution in [0.5, 0.6) is 0 Å². The number of H-pyrrole nitrogens is 2. The number of amides is 1. The van der Waals surface area contributed by atoms with E-state index < -0.39 is 35.2 Å². The molecule has 0 saturated heterocycles. The molecule has 0 aliphatic carbocycles. The van der Waals surface area contributed by atoms with Crippen molar-refractivity contribution in [1.29, 1.82) is 0 Å². The number of hydrogen-bond acceptors (Lipinski definition) is 6. The Morgan fingerprint density at radius 2 is 2.00 bits per heavy atom. The van der Waals surface area contributed by atoms with Gasteiger partial charge in [0.2, 0.25) is 0 Å². The number of carbonyl (C=O) groups excluding carboxylic acids is 1. The molecule has 1 rings (SSSR count). The summed E-state index contributed by atoms with van der Waals surface area (Å²) in [6.07, 6.45) is -2.38. The monoisotopic (exact) mass is 315 g/mol. The number of rotatable bonds is 5. The molecule has 0 aliphatic heterocycles. The Morgan fingerprint density at radius 1 is 1.36 bits per heavy atom. The lowest BCUT2D eigenvalue weighted by molar-refractivity contribution is 0.0113. The molecular formula is C13H21N3O6. The average molecular weight is 315 g/mol. The van der Waals surface area contributed by atoms with Gasteiger partial charge in [0, 0.05) is 12.7 Å². The van der Waals surface area contributed by atoms with Gasteiger partial charge in [-0.25, -0.2) is 9.59 Å². The van der Waals surface area contributed by atoms with Gasteiger partial charge in [0.1, 0.15) is 11.7 Å². The van der Waals surface area contributed by atoms with Gasteiger partial charge in [0.05, 0.1) is 11.7 Å². The number of carbonyl (C=O) groups is 1. The van der Waals surface area contributed by atoms with Crippen molar-refractivity contribution in [3.63, 3.8) is 0 Å². The van der Waals surface area contributed by atoms with E-state index in [0.717, 1.165) is 6.20 Å². The molecule has 0 saturated carbocycles. The Hall–Kier alpha value is -2.13. The van der Waals surface area contributed by atoms with Crippen molar-refractivity contribution in [2.75, 3.05) is 6.54 Å². The summed E-state index contributed by atoms with van der Waals surface area (Å²) in [7, 11) is 0. The van der Waals surface area contributed by atoms with Crippen molar-refractivity contribution in [3.8, 4) is 0 Å². The zero-order valence-electron chi connectivity index (χ0n) is 12.7. The first-order valence-electron chi connectivity index (χ1n) is 6.75. The van der Waals surface area contributed by atoms with Crippen LogP contribution >= 0.6 is 0 Å². The molecule has 0 fully saturated rings. The Kier molecular flexibility index (Phi) is 5.89. The minimum Gasteiger partial charge on any atom is -0.444 e. The van der Waals surface area contributed by atoms with Gasteiger partial charge < -0.3 is 25.3 Å². The highest BCUT2D eigenvalue weighted by Gasteiger charge is 2.22. The molecule has 124 valence electrons. The third kappa shape index (κ3) is 5.70. The molecule has 2 unspecified atom stereocenters. The normalized spacial score (nSPS) is 14.2. The molecular weight excluding hydrogens is 294 g/mol. The number of aromatic amines is 2. The van der Waals surface area contributed by atoms with Crippen LogP contribution in [0.3, 0.4) is 0 Å². The first-order chi connectivity index (χ1) is 10.1. The lowest BCUT2D eigenvalue weighted by Gasteiger charge is -2.21. The van der Waals surface area contributed by atoms with Gasteiger partial charge in [0.25, 0.3) is 5.56 Å². The van der Waals surface area contributed by atoms with Gasteiger partial charge in [-0.2, -0.15) is 0 Å². The fourth-order valence-electron chi connectivity index (χ4n) is 1.64. The summed E-state index contributed by atoms with van der Waals surface area (Å²) in [5.41, 5.74) is -2.28. The van der Waals surface area contributed by atoms with Gasteiger partial charge in [-0.1, -0.05) is 0 Å². The number of aliphatic hydroxyl groups excluding tert-OH is 2. The van der Waals surface area contributed by atoms with E-state index in [1.807, 2.05) is 4.98 Å². The van der Waals surface area contributed by atoms with Crippen molar-refractivity contribution in [2.45, 2.75) is 45.0 Å². The summed E-state index contributed by atoms with van der Waals surface area (Å²) in [5, 5.41) is 22.1. The second-order valence-corrected chi connectivity index (χ2v) is 5.76. The van der Waals surface area contributed by atoms with Gasteiger partial charge in [-0.05, 0) is 27.2 Å². The summed E-state index contributed by atoms with van der Waals surface area (Å²) < 4.78 is 5.01. The van der Waals surface area contributed by atoms with Crippen LogP contribution in [0.15, 0.2) is 15.8 Å². The molecule has 0 spiro atoms. The Labute approximate surface area is 126 Å². The Bertz CT molecular complexity index is 615. The second-order valence-electron chi connectivity index (χ2n) is 5.76. The van der Waals surface area contributed by atoms with E-state index in [2.05, 4.69) is 10.3 Å². The number of nitrogens with one attached hydrogen (secondary N) is 3. The molecule has 1 aromatic heterocycles. The first kappa shape index (κ1) is 17.9. The van der Waals surface area contributed by atoms with Crippen molar-refractivity contribution in [3.05, 3.63) is 32.6 Å². The van der Waals surface area contributed by atoms with Crippen LogP contribution in [0, 0.1) is 0 Å². The van der Waals surface area contributed by atoms with Crippen LogP contribution in [0.25, 0.3) is 0 Å². The minimum absolute atomic E-state index is 0.00102. The molecule has 1 aromatic rings. The summed E-state index contributed by atoms with van der Waals surface area (Å²) in [6, 6.07) is 0. The van der Waals surface area contributed by atoms with Crippen LogP contribution in [0.1, 0.15) is 38.9 Å². The summed E-state index contributed by atoms with van der Waals surface area (Å²) in [5.74, 6) is 0. The molecule has 9 nitrogen and oxygen atoms in total. The quantitative estimate of drug-likeness (QED) is 0.489. The van der Waals surface area contributed by atoms with Crippen LogP contribution in [0.2, 0.25) is 0 Å². The average Bonchev–Trinajstić information content (AvgIpc) is 2.35. The number of aliphatic hydroxyl groups is 2. The van der Waals surface area contributed by atoms with Crippen LogP contribution in [-0.2, 0) is 4.74 Å². The summed E-state index contributed by atoms with van der Waals surface area (Å²) in [4.78, 5) is 37.9. The molecule has 22 heavy (non-hydrogen) atoms. The lowest BCUT2D eigenvalue weighted by atomic mass is 10.1. The molecule has 0 aromatic carbocycles. The highest BCUT2D eigenvalue weighted by Crippen LogP contribution is 2.14. The zero-order chi connectivity index (χ0) is 16.9. The van der Waals surface area contributed by atoms with E-state index in [0.29, 0.717) is 0 Å². The van der Waals surface area contributed by atoms with E-state index >= 15 is 0 Å². The number of aromatic nitrogens is 2. The van der Waals surface area contributed by atoms with Crippen molar-refractivity contribution >= 4 is 6.09 Å². The Morgan fingerprint density at radius 3 is 2.55 bits per heavy atom. The van der Waals surface area contributed by atoms with Crippen molar-refractivity contribution < 1.29 is 19.7 Å². The van der Waals surface area contributed by atoms with E-state index in [-0.39, 0.29) is 18.5 Å². The SMILES string of the molecule is CC(C)(C)OC(=O)NCCC(O)C(O)c1c[nH]c(=O)[nH]c1=O. The highest BCUT2D eigenvalue weighted by atomic mass is 16.6. The van der Waals surface area contributed by atoms with Crippen molar-refractivity contribution in [2.24, 2.45) is 0 Å². The smallest absolute Gasteiger partial charge is 0.407 e. The molecule has 5 N–H and O–H groups in total. The molecule has 0 aliphatic rings. The molecule has 9 heteroatoms. The van der Waals surface area contributed by atoms with E-state index in [4.69, 9.17) is 4.74 Å².